The third-order valence-corrected chi connectivity index (χ3v) is 9.47. The molecule has 5 aromatic rings. The van der Waals surface area contributed by atoms with Crippen molar-refractivity contribution in [3.63, 3.8) is 0 Å². The van der Waals surface area contributed by atoms with E-state index in [0.29, 0.717) is 0 Å². The summed E-state index contributed by atoms with van der Waals surface area (Å²) in [5, 5.41) is 12.5. The SMILES string of the molecule is CC.Cc1c2c3c(c(C)c(C)c4c5c(C)c(C)c6c7c(c(C)c(C)c(c(c1C)c34)c75)C6)C2. The fourth-order valence-electron chi connectivity index (χ4n) is 7.15. The van der Waals surface area contributed by atoms with Crippen LogP contribution >= 0.6 is 0 Å². The van der Waals surface area contributed by atoms with Crippen molar-refractivity contribution in [3.05, 3.63) is 66.8 Å². The Labute approximate surface area is 192 Å². The van der Waals surface area contributed by atoms with Crippen LogP contribution in [0.5, 0.6) is 0 Å². The van der Waals surface area contributed by atoms with Crippen molar-refractivity contribution in [3.8, 4) is 0 Å². The van der Waals surface area contributed by atoms with E-state index >= 15 is 0 Å². The molecule has 0 nitrogen and oxygen atoms in total. The monoisotopic (exact) mass is 418 g/mol. The number of fused-ring (bicyclic) bond motifs is 2. The molecule has 0 heteroatoms. The van der Waals surface area contributed by atoms with Crippen molar-refractivity contribution >= 4 is 43.1 Å². The van der Waals surface area contributed by atoms with Crippen molar-refractivity contribution in [2.24, 2.45) is 0 Å². The van der Waals surface area contributed by atoms with Crippen LogP contribution in [0.2, 0.25) is 0 Å². The first-order chi connectivity index (χ1) is 15.3. The molecule has 2 aliphatic carbocycles. The van der Waals surface area contributed by atoms with Gasteiger partial charge in [0.25, 0.3) is 0 Å². The largest absolute Gasteiger partial charge is 0.0683 e. The summed E-state index contributed by atoms with van der Waals surface area (Å²) in [6.45, 7) is 23.0. The van der Waals surface area contributed by atoms with Gasteiger partial charge in [-0.3, -0.25) is 0 Å². The molecule has 0 amide bonds. The van der Waals surface area contributed by atoms with Gasteiger partial charge in [0.1, 0.15) is 0 Å². The highest BCUT2D eigenvalue weighted by Gasteiger charge is 2.33. The zero-order valence-electron chi connectivity index (χ0n) is 21.4. The summed E-state index contributed by atoms with van der Waals surface area (Å²) in [7, 11) is 0. The number of hydrogen-bond acceptors (Lipinski definition) is 0. The van der Waals surface area contributed by atoms with Gasteiger partial charge >= 0.3 is 0 Å². The Balaban J connectivity index is 0.000000953. The molecule has 0 fully saturated rings. The van der Waals surface area contributed by atoms with E-state index in [2.05, 4.69) is 55.4 Å². The van der Waals surface area contributed by atoms with Gasteiger partial charge in [-0.15, -0.1) is 0 Å². The highest BCUT2D eigenvalue weighted by Crippen LogP contribution is 2.55. The van der Waals surface area contributed by atoms with E-state index in [1.165, 1.54) is 44.5 Å². The van der Waals surface area contributed by atoms with E-state index in [9.17, 15) is 0 Å². The summed E-state index contributed by atoms with van der Waals surface area (Å²) in [5.41, 5.74) is 18.6. The lowest BCUT2D eigenvalue weighted by atomic mass is 9.68. The summed E-state index contributed by atoms with van der Waals surface area (Å²) in [4.78, 5) is 0. The molecule has 0 bridgehead atoms. The lowest BCUT2D eigenvalue weighted by Gasteiger charge is -2.35. The zero-order chi connectivity index (χ0) is 23.0. The average Bonchev–Trinajstić information content (AvgIpc) is 2.73. The van der Waals surface area contributed by atoms with Crippen LogP contribution in [0.1, 0.15) is 80.6 Å². The molecule has 0 aliphatic heterocycles. The summed E-state index contributed by atoms with van der Waals surface area (Å²) in [6.07, 6.45) is 2.31. The molecule has 0 unspecified atom stereocenters. The van der Waals surface area contributed by atoms with E-state index < -0.39 is 0 Å². The number of aryl methyl sites for hydroxylation is 4. The first-order valence-corrected chi connectivity index (χ1v) is 12.4. The average molecular weight is 419 g/mol. The third-order valence-electron chi connectivity index (χ3n) is 9.47. The molecule has 0 radical (unpaired) electrons. The third kappa shape index (κ3) is 1.86. The van der Waals surface area contributed by atoms with Gasteiger partial charge in [0, 0.05) is 0 Å². The van der Waals surface area contributed by atoms with Crippen LogP contribution in [-0.2, 0) is 12.8 Å². The second kappa shape index (κ2) is 6.04. The van der Waals surface area contributed by atoms with E-state index in [-0.39, 0.29) is 0 Å². The molecule has 0 spiro atoms. The second-order valence-electron chi connectivity index (χ2n) is 10.3. The molecule has 0 heterocycles. The van der Waals surface area contributed by atoms with Crippen LogP contribution < -0.4 is 0 Å². The molecule has 0 aromatic heterocycles. The van der Waals surface area contributed by atoms with Gasteiger partial charge in [-0.25, -0.2) is 0 Å². The van der Waals surface area contributed by atoms with Gasteiger partial charge in [-0.05, 0) is 178 Å². The number of rotatable bonds is 0. The standard InChI is InChI=1S/C30H28.C2H6/c1-11-15(5)23-24-16(6)13(3)21-10-22-14(4)18(8)26(30(24)28(21)22)25-17(7)12(2)20-9-19(11)27(20)29(23)25;1-2/h9-10H2,1-8H3;1-2H3. The Kier molecular flexibility index (Phi) is 3.78. The van der Waals surface area contributed by atoms with Crippen molar-refractivity contribution in [2.45, 2.75) is 82.1 Å². The van der Waals surface area contributed by atoms with Crippen molar-refractivity contribution in [2.75, 3.05) is 0 Å². The normalized spacial score (nSPS) is 13.7. The van der Waals surface area contributed by atoms with Crippen LogP contribution in [0.15, 0.2) is 0 Å². The quantitative estimate of drug-likeness (QED) is 0.170. The van der Waals surface area contributed by atoms with Gasteiger partial charge in [0.15, 0.2) is 0 Å². The highest BCUT2D eigenvalue weighted by molar-refractivity contribution is 6.38. The molecule has 162 valence electrons. The lowest BCUT2D eigenvalue weighted by molar-refractivity contribution is 1.08. The van der Waals surface area contributed by atoms with Crippen molar-refractivity contribution in [1.29, 1.82) is 0 Å². The van der Waals surface area contributed by atoms with Crippen LogP contribution in [0, 0.1) is 55.4 Å². The number of hydrogen-bond donors (Lipinski definition) is 0. The molecular weight excluding hydrogens is 384 g/mol. The predicted octanol–water partition coefficient (Wildman–Crippen LogP) is 9.04. The molecule has 0 N–H and O–H groups in total. The van der Waals surface area contributed by atoms with E-state index in [1.54, 1.807) is 65.3 Å². The fraction of sp³-hybridized carbons (Fsp3) is 0.375. The maximum Gasteiger partial charge on any atom is -0.000776 e. The lowest BCUT2D eigenvalue weighted by Crippen LogP contribution is -2.15. The minimum Gasteiger partial charge on any atom is -0.0683 e. The van der Waals surface area contributed by atoms with Gasteiger partial charge in [-0.2, -0.15) is 0 Å². The predicted molar refractivity (Wildman–Crippen MR) is 143 cm³/mol. The molecule has 2 aliphatic rings. The summed E-state index contributed by atoms with van der Waals surface area (Å²) in [6, 6.07) is 0. The zero-order valence-corrected chi connectivity index (χ0v) is 21.4. The minimum absolute atomic E-state index is 1.15. The smallest absolute Gasteiger partial charge is 0.000776 e. The number of benzene rings is 5. The maximum atomic E-state index is 2.38. The van der Waals surface area contributed by atoms with E-state index in [1.807, 2.05) is 13.8 Å². The van der Waals surface area contributed by atoms with Crippen LogP contribution in [0.3, 0.4) is 0 Å². The summed E-state index contributed by atoms with van der Waals surface area (Å²) >= 11 is 0. The molecule has 0 saturated heterocycles. The Morgan fingerprint density at radius 3 is 0.719 bits per heavy atom. The van der Waals surface area contributed by atoms with E-state index in [4.69, 9.17) is 0 Å². The molecular formula is C32H34. The Morgan fingerprint density at radius 2 is 0.500 bits per heavy atom. The molecule has 7 rings (SSSR count). The Morgan fingerprint density at radius 1 is 0.281 bits per heavy atom. The molecule has 32 heavy (non-hydrogen) atoms. The summed E-state index contributed by atoms with van der Waals surface area (Å²) < 4.78 is 0. The van der Waals surface area contributed by atoms with Crippen LogP contribution in [0.4, 0.5) is 0 Å². The molecule has 0 atom stereocenters. The molecule has 0 saturated carbocycles. The highest BCUT2D eigenvalue weighted by atomic mass is 14.4. The Hall–Kier alpha value is -2.60. The van der Waals surface area contributed by atoms with Gasteiger partial charge < -0.3 is 0 Å². The van der Waals surface area contributed by atoms with Crippen LogP contribution in [-0.4, -0.2) is 0 Å². The van der Waals surface area contributed by atoms with Gasteiger partial charge in [-0.1, -0.05) is 13.8 Å². The van der Waals surface area contributed by atoms with Crippen molar-refractivity contribution < 1.29 is 0 Å². The van der Waals surface area contributed by atoms with Gasteiger partial charge in [0.2, 0.25) is 0 Å². The second-order valence-corrected chi connectivity index (χ2v) is 10.3. The first-order valence-electron chi connectivity index (χ1n) is 12.4. The van der Waals surface area contributed by atoms with Crippen molar-refractivity contribution in [1.82, 2.24) is 0 Å². The molecule has 5 aromatic carbocycles. The minimum atomic E-state index is 1.15. The van der Waals surface area contributed by atoms with Crippen LogP contribution in [0.25, 0.3) is 43.1 Å². The summed E-state index contributed by atoms with van der Waals surface area (Å²) in [5.74, 6) is 0. The maximum absolute atomic E-state index is 2.38. The Bertz CT molecular complexity index is 1450. The van der Waals surface area contributed by atoms with E-state index in [0.717, 1.165) is 12.8 Å². The fourth-order valence-corrected chi connectivity index (χ4v) is 7.15. The topological polar surface area (TPSA) is 0 Å². The van der Waals surface area contributed by atoms with Gasteiger partial charge in [0.05, 0.1) is 0 Å². The first kappa shape index (κ1) is 20.0.